The first-order chi connectivity index (χ1) is 8.74. The van der Waals surface area contributed by atoms with Gasteiger partial charge in [-0.3, -0.25) is 9.59 Å². The van der Waals surface area contributed by atoms with E-state index in [1.54, 1.807) is 0 Å². The number of allylic oxidation sites excluding steroid dienone is 2. The van der Waals surface area contributed by atoms with Crippen molar-refractivity contribution in [3.05, 3.63) is 12.2 Å². The van der Waals surface area contributed by atoms with Crippen LogP contribution in [0.5, 0.6) is 0 Å². The van der Waals surface area contributed by atoms with Gasteiger partial charge in [0.15, 0.2) is 12.4 Å². The van der Waals surface area contributed by atoms with Gasteiger partial charge in [-0.2, -0.15) is 0 Å². The van der Waals surface area contributed by atoms with Gasteiger partial charge in [0, 0.05) is 5.41 Å². The molecule has 0 fully saturated rings. The van der Waals surface area contributed by atoms with Gasteiger partial charge < -0.3 is 4.74 Å². The maximum atomic E-state index is 12.4. The van der Waals surface area contributed by atoms with Crippen molar-refractivity contribution in [2.24, 2.45) is 16.7 Å². The summed E-state index contributed by atoms with van der Waals surface area (Å²) in [5.41, 5.74) is -0.632. The molecule has 2 atom stereocenters. The third kappa shape index (κ3) is 3.26. The number of ketones is 1. The smallest absolute Gasteiger partial charge is 0.309 e. The number of rotatable bonds is 6. The van der Waals surface area contributed by atoms with Gasteiger partial charge in [-0.25, -0.2) is 0 Å². The maximum absolute atomic E-state index is 12.4. The van der Waals surface area contributed by atoms with Gasteiger partial charge in [0.25, 0.3) is 0 Å². The van der Waals surface area contributed by atoms with Crippen LogP contribution in [0, 0.1) is 16.7 Å². The number of esters is 1. The summed E-state index contributed by atoms with van der Waals surface area (Å²) in [5, 5.41) is 0. The molecule has 0 unspecified atom stereocenters. The Hall–Kier alpha value is -1.12. The quantitative estimate of drug-likeness (QED) is 0.545. The Morgan fingerprint density at radius 3 is 2.42 bits per heavy atom. The van der Waals surface area contributed by atoms with Gasteiger partial charge in [0.05, 0.1) is 5.92 Å². The largest absolute Gasteiger partial charge is 0.457 e. The molecular formula is C16H26O3. The molecule has 0 heterocycles. The van der Waals surface area contributed by atoms with Crippen molar-refractivity contribution >= 4 is 11.8 Å². The van der Waals surface area contributed by atoms with E-state index in [4.69, 9.17) is 4.74 Å². The molecule has 0 radical (unpaired) electrons. The van der Waals surface area contributed by atoms with Crippen LogP contribution in [-0.4, -0.2) is 18.4 Å². The average Bonchev–Trinajstić information content (AvgIpc) is 2.61. The van der Waals surface area contributed by atoms with Crippen molar-refractivity contribution in [2.45, 2.75) is 53.9 Å². The lowest BCUT2D eigenvalue weighted by Gasteiger charge is -2.36. The van der Waals surface area contributed by atoms with E-state index < -0.39 is 5.41 Å². The minimum atomic E-state index is -0.457. The third-order valence-corrected chi connectivity index (χ3v) is 4.57. The number of carbonyl (C=O) groups is 2. The summed E-state index contributed by atoms with van der Waals surface area (Å²) in [6.07, 6.45) is 6.59. The summed E-state index contributed by atoms with van der Waals surface area (Å²) >= 11 is 0. The van der Waals surface area contributed by atoms with Gasteiger partial charge in [0.1, 0.15) is 0 Å². The van der Waals surface area contributed by atoms with Gasteiger partial charge in [-0.05, 0) is 18.3 Å². The predicted octanol–water partition coefficient (Wildman–Crippen LogP) is 3.53. The monoisotopic (exact) mass is 266 g/mol. The fourth-order valence-corrected chi connectivity index (χ4v) is 2.50. The van der Waals surface area contributed by atoms with Gasteiger partial charge in [-0.15, -0.1) is 0 Å². The Morgan fingerprint density at radius 2 is 1.95 bits per heavy atom. The predicted molar refractivity (Wildman–Crippen MR) is 75.7 cm³/mol. The molecule has 0 aromatic carbocycles. The van der Waals surface area contributed by atoms with Gasteiger partial charge in [0.2, 0.25) is 0 Å². The summed E-state index contributed by atoms with van der Waals surface area (Å²) in [7, 11) is 0. The zero-order valence-corrected chi connectivity index (χ0v) is 12.8. The molecule has 0 saturated carbocycles. The molecular weight excluding hydrogens is 240 g/mol. The summed E-state index contributed by atoms with van der Waals surface area (Å²) in [6, 6.07) is 0. The molecule has 0 aliphatic heterocycles. The number of Topliss-reactive ketones (excluding diaryl/α,β-unsaturated/α-hetero) is 1. The lowest BCUT2D eigenvalue weighted by atomic mass is 9.66. The molecule has 0 bridgehead atoms. The molecule has 19 heavy (non-hydrogen) atoms. The van der Waals surface area contributed by atoms with E-state index in [0.717, 1.165) is 19.3 Å². The molecule has 3 nitrogen and oxygen atoms in total. The summed E-state index contributed by atoms with van der Waals surface area (Å²) in [4.78, 5) is 24.1. The molecule has 0 aromatic heterocycles. The van der Waals surface area contributed by atoms with Crippen molar-refractivity contribution in [3.8, 4) is 0 Å². The first-order valence-electron chi connectivity index (χ1n) is 7.12. The molecule has 0 spiro atoms. The summed E-state index contributed by atoms with van der Waals surface area (Å²) in [6.45, 7) is 9.83. The maximum Gasteiger partial charge on any atom is 0.309 e. The molecule has 0 saturated heterocycles. The molecule has 0 N–H and O–H groups in total. The highest BCUT2D eigenvalue weighted by molar-refractivity contribution is 5.89. The fourth-order valence-electron chi connectivity index (χ4n) is 2.50. The Balaban J connectivity index is 2.55. The normalized spacial score (nSPS) is 26.2. The van der Waals surface area contributed by atoms with Crippen LogP contribution in [0.25, 0.3) is 0 Å². The second-order valence-corrected chi connectivity index (χ2v) is 6.38. The first-order valence-corrected chi connectivity index (χ1v) is 7.12. The van der Waals surface area contributed by atoms with Crippen LogP contribution in [-0.2, 0) is 14.3 Å². The standard InChI is InChI=1S/C16H26O3/c1-6-8-12(2)14(18)19-11-13(17)16(5)10-7-9-15(16,3)4/h7,9,12H,6,8,10-11H2,1-5H3/t12-,16-/m0/s1. The van der Waals surface area contributed by atoms with Crippen molar-refractivity contribution in [2.75, 3.05) is 6.61 Å². The zero-order chi connectivity index (χ0) is 14.7. The highest BCUT2D eigenvalue weighted by atomic mass is 16.5. The molecule has 1 rings (SSSR count). The number of carbonyl (C=O) groups excluding carboxylic acids is 2. The topological polar surface area (TPSA) is 43.4 Å². The van der Waals surface area contributed by atoms with E-state index in [9.17, 15) is 9.59 Å². The van der Waals surface area contributed by atoms with Crippen LogP contribution < -0.4 is 0 Å². The van der Waals surface area contributed by atoms with Crippen molar-refractivity contribution in [3.63, 3.8) is 0 Å². The fraction of sp³-hybridized carbons (Fsp3) is 0.750. The third-order valence-electron chi connectivity index (χ3n) is 4.57. The Bertz CT molecular complexity index is 381. The highest BCUT2D eigenvalue weighted by Gasteiger charge is 2.47. The molecule has 108 valence electrons. The second-order valence-electron chi connectivity index (χ2n) is 6.38. The first kappa shape index (κ1) is 15.9. The van der Waals surface area contributed by atoms with Gasteiger partial charge in [-0.1, -0.05) is 53.2 Å². The molecule has 0 aromatic rings. The van der Waals surface area contributed by atoms with Crippen LogP contribution in [0.2, 0.25) is 0 Å². The minimum Gasteiger partial charge on any atom is -0.457 e. The average molecular weight is 266 g/mol. The SMILES string of the molecule is CCC[C@H](C)C(=O)OCC(=O)[C@]1(C)CC=CC1(C)C. The van der Waals surface area contributed by atoms with Crippen molar-refractivity contribution in [1.82, 2.24) is 0 Å². The summed E-state index contributed by atoms with van der Waals surface area (Å²) < 4.78 is 5.17. The molecule has 1 aliphatic carbocycles. The lowest BCUT2D eigenvalue weighted by molar-refractivity contribution is -0.155. The lowest BCUT2D eigenvalue weighted by Crippen LogP contribution is -2.40. The van der Waals surface area contributed by atoms with E-state index >= 15 is 0 Å². The highest BCUT2D eigenvalue weighted by Crippen LogP contribution is 2.48. The Morgan fingerprint density at radius 1 is 1.32 bits per heavy atom. The Kier molecular flexibility index (Phi) is 4.94. The minimum absolute atomic E-state index is 0.0135. The van der Waals surface area contributed by atoms with E-state index in [-0.39, 0.29) is 29.7 Å². The van der Waals surface area contributed by atoms with Crippen LogP contribution >= 0.6 is 0 Å². The second kappa shape index (κ2) is 5.89. The summed E-state index contributed by atoms with van der Waals surface area (Å²) in [5.74, 6) is -0.373. The van der Waals surface area contributed by atoms with Crippen LogP contribution in [0.1, 0.15) is 53.9 Å². The zero-order valence-electron chi connectivity index (χ0n) is 12.8. The Labute approximate surface area is 116 Å². The van der Waals surface area contributed by atoms with Gasteiger partial charge >= 0.3 is 5.97 Å². The van der Waals surface area contributed by atoms with E-state index in [0.29, 0.717) is 0 Å². The van der Waals surface area contributed by atoms with Crippen LogP contribution in [0.3, 0.4) is 0 Å². The number of hydrogen-bond donors (Lipinski definition) is 0. The molecule has 0 amide bonds. The van der Waals surface area contributed by atoms with Crippen molar-refractivity contribution in [1.29, 1.82) is 0 Å². The van der Waals surface area contributed by atoms with E-state index in [2.05, 4.69) is 19.9 Å². The van der Waals surface area contributed by atoms with E-state index in [1.165, 1.54) is 0 Å². The van der Waals surface area contributed by atoms with Crippen LogP contribution in [0.4, 0.5) is 0 Å². The molecule has 3 heteroatoms. The number of ether oxygens (including phenoxy) is 1. The van der Waals surface area contributed by atoms with Crippen molar-refractivity contribution < 1.29 is 14.3 Å². The number of hydrogen-bond acceptors (Lipinski definition) is 3. The van der Waals surface area contributed by atoms with Crippen LogP contribution in [0.15, 0.2) is 12.2 Å². The molecule has 1 aliphatic rings. The van der Waals surface area contributed by atoms with E-state index in [1.807, 2.05) is 26.8 Å².